The number of cyclic esters (lactones) is 1. The van der Waals surface area contributed by atoms with Crippen molar-refractivity contribution in [3.8, 4) is 11.3 Å². The highest BCUT2D eigenvalue weighted by Crippen LogP contribution is 2.43. The van der Waals surface area contributed by atoms with Crippen LogP contribution in [0.2, 0.25) is 0 Å². The predicted octanol–water partition coefficient (Wildman–Crippen LogP) is 5.24. The summed E-state index contributed by atoms with van der Waals surface area (Å²) in [5.74, 6) is -4.95. The summed E-state index contributed by atoms with van der Waals surface area (Å²) in [6.07, 6.45) is 2.79. The van der Waals surface area contributed by atoms with E-state index >= 15 is 0 Å². The van der Waals surface area contributed by atoms with Crippen LogP contribution in [0.25, 0.3) is 11.3 Å². The lowest BCUT2D eigenvalue weighted by atomic mass is 9.73. The minimum absolute atomic E-state index is 0.129. The second-order valence-electron chi connectivity index (χ2n) is 17.8. The lowest BCUT2D eigenvalue weighted by Gasteiger charge is -2.47. The summed E-state index contributed by atoms with van der Waals surface area (Å²) in [4.78, 5) is 69.3. The summed E-state index contributed by atoms with van der Waals surface area (Å²) in [5, 5.41) is 11.4. The minimum Gasteiger partial charge on any atom is -0.458 e. The second kappa shape index (κ2) is 18.9. The molecule has 1 amide bonds. The van der Waals surface area contributed by atoms with E-state index < -0.39 is 83.4 Å². The van der Waals surface area contributed by atoms with Gasteiger partial charge in [0.1, 0.15) is 23.9 Å². The van der Waals surface area contributed by atoms with Crippen molar-refractivity contribution in [2.75, 3.05) is 27.7 Å². The van der Waals surface area contributed by atoms with Gasteiger partial charge in [0.05, 0.1) is 35.9 Å². The van der Waals surface area contributed by atoms with Crippen LogP contribution in [0.1, 0.15) is 93.2 Å². The zero-order chi connectivity index (χ0) is 43.6. The monoisotopic (exact) mass is 825 g/mol. The Morgan fingerprint density at radius 3 is 2.31 bits per heavy atom. The van der Waals surface area contributed by atoms with E-state index in [0.717, 1.165) is 17.0 Å². The first kappa shape index (κ1) is 46.3. The quantitative estimate of drug-likeness (QED) is 0.177. The number of esters is 1. The third-order valence-corrected chi connectivity index (χ3v) is 13.1. The molecule has 15 nitrogen and oxygen atoms in total. The van der Waals surface area contributed by atoms with E-state index in [9.17, 15) is 24.3 Å². The van der Waals surface area contributed by atoms with Crippen LogP contribution in [0.4, 0.5) is 4.79 Å². The fourth-order valence-electron chi connectivity index (χ4n) is 9.54. The Bertz CT molecular complexity index is 1790. The molecule has 13 atom stereocenters. The number of hydrogen-bond acceptors (Lipinski definition) is 13. The van der Waals surface area contributed by atoms with E-state index in [1.165, 1.54) is 14.0 Å². The molecule has 3 aliphatic heterocycles. The van der Waals surface area contributed by atoms with Crippen LogP contribution in [0.3, 0.4) is 0 Å². The Balaban J connectivity index is 1.43. The normalized spacial score (nSPS) is 36.3. The molecule has 0 aliphatic carbocycles. The molecule has 5 heterocycles. The number of pyridine rings is 1. The molecule has 0 radical (unpaired) electrons. The first-order valence-corrected chi connectivity index (χ1v) is 21.2. The summed E-state index contributed by atoms with van der Waals surface area (Å²) >= 11 is 0. The van der Waals surface area contributed by atoms with Crippen LogP contribution in [-0.2, 0) is 44.6 Å². The number of hydrogen-bond donors (Lipinski definition) is 1. The second-order valence-corrected chi connectivity index (χ2v) is 17.8. The summed E-state index contributed by atoms with van der Waals surface area (Å²) in [6, 6.07) is 2.86. The number of aliphatic hydroxyl groups excluding tert-OH is 1. The highest BCUT2D eigenvalue weighted by Gasteiger charge is 2.60. The van der Waals surface area contributed by atoms with Gasteiger partial charge in [-0.3, -0.25) is 19.4 Å². The molecule has 328 valence electrons. The van der Waals surface area contributed by atoms with Gasteiger partial charge in [-0.05, 0) is 93.0 Å². The van der Waals surface area contributed by atoms with Gasteiger partial charge in [0.2, 0.25) is 0 Å². The highest BCUT2D eigenvalue weighted by molar-refractivity contribution is 6.00. The number of aliphatic hydroxyl groups is 1. The third kappa shape index (κ3) is 9.75. The lowest BCUT2D eigenvalue weighted by Crippen LogP contribution is -2.60. The van der Waals surface area contributed by atoms with Crippen molar-refractivity contribution in [1.82, 2.24) is 24.3 Å². The third-order valence-electron chi connectivity index (χ3n) is 13.1. The maximum absolute atomic E-state index is 14.7. The first-order chi connectivity index (χ1) is 27.8. The number of carbonyl (C=O) groups excluding carboxylic acids is 4. The molecule has 2 aromatic rings. The number of carbonyl (C=O) groups is 4. The van der Waals surface area contributed by atoms with E-state index in [-0.39, 0.29) is 30.8 Å². The zero-order valence-corrected chi connectivity index (χ0v) is 37.0. The number of unbranched alkanes of at least 4 members (excludes halogenated alkanes) is 1. The van der Waals surface area contributed by atoms with Crippen molar-refractivity contribution in [1.29, 1.82) is 0 Å². The Morgan fingerprint density at radius 2 is 1.68 bits per heavy atom. The number of ketones is 2. The van der Waals surface area contributed by atoms with E-state index in [1.54, 1.807) is 45.1 Å². The van der Waals surface area contributed by atoms with Crippen LogP contribution in [0.15, 0.2) is 30.9 Å². The largest absolute Gasteiger partial charge is 0.458 e. The van der Waals surface area contributed by atoms with Gasteiger partial charge in [-0.15, -0.1) is 0 Å². The predicted molar refractivity (Wildman–Crippen MR) is 219 cm³/mol. The summed E-state index contributed by atoms with van der Waals surface area (Å²) in [6.45, 7) is 16.9. The Morgan fingerprint density at radius 1 is 0.983 bits per heavy atom. The van der Waals surface area contributed by atoms with Gasteiger partial charge in [-0.25, -0.2) is 9.78 Å². The molecule has 0 spiro atoms. The highest BCUT2D eigenvalue weighted by atomic mass is 16.7. The van der Waals surface area contributed by atoms with Gasteiger partial charge in [-0.1, -0.05) is 27.7 Å². The van der Waals surface area contributed by atoms with Crippen molar-refractivity contribution < 1.29 is 48.0 Å². The van der Waals surface area contributed by atoms with E-state index in [4.69, 9.17) is 23.7 Å². The molecule has 2 unspecified atom stereocenters. The number of aryl methyl sites for hydroxylation is 2. The molecule has 1 N–H and O–H groups in total. The van der Waals surface area contributed by atoms with E-state index in [0.29, 0.717) is 32.4 Å². The standard InChI is InChI=1S/C44H67N5O10/c1-13-34-44(9)38(49(42(54)59-44)19-15-14-18-48-23-32(46-24-48)31-17-16-26(3)45-22-31)28(5)35(50)25(2)21-43(8,55-12)39(29(6)36(51)30(7)40(53)57-34)58-41-37(52)33(47(10)11)20-27(4)56-41/h16-17,22-25,27-30,33-34,37-39,41,52H,13-15,18-21H2,1-12H3/t25-,27-,28-,29+,30-,33+,34+,37-,38-,39?,41?,43+,44-/m1/s1. The average molecular weight is 826 g/mol. The summed E-state index contributed by atoms with van der Waals surface area (Å²) in [5.41, 5.74) is -0.00101. The Kier molecular flexibility index (Phi) is 14.8. The van der Waals surface area contributed by atoms with E-state index in [1.807, 2.05) is 69.6 Å². The van der Waals surface area contributed by atoms with Gasteiger partial charge < -0.3 is 43.2 Å². The smallest absolute Gasteiger partial charge is 0.410 e. The number of methoxy groups -OCH3 is 1. The zero-order valence-electron chi connectivity index (χ0n) is 37.0. The fourth-order valence-corrected chi connectivity index (χ4v) is 9.54. The van der Waals surface area contributed by atoms with Gasteiger partial charge in [0.25, 0.3) is 0 Å². The Labute approximate surface area is 349 Å². The van der Waals surface area contributed by atoms with Gasteiger partial charge in [-0.2, -0.15) is 0 Å². The number of rotatable bonds is 11. The minimum atomic E-state index is -1.40. The van der Waals surface area contributed by atoms with Crippen LogP contribution < -0.4 is 0 Å². The summed E-state index contributed by atoms with van der Waals surface area (Å²) in [7, 11) is 5.24. The van der Waals surface area contributed by atoms with Gasteiger partial charge in [0.15, 0.2) is 17.7 Å². The number of imidazole rings is 1. The molecule has 0 bridgehead atoms. The number of ether oxygens (including phenoxy) is 5. The number of likely N-dealkylation sites (N-methyl/N-ethyl adjacent to an activating group) is 1. The van der Waals surface area contributed by atoms with Crippen molar-refractivity contribution in [3.63, 3.8) is 0 Å². The van der Waals surface area contributed by atoms with Gasteiger partial charge in [0, 0.05) is 67.6 Å². The van der Waals surface area contributed by atoms with Crippen molar-refractivity contribution >= 4 is 23.6 Å². The van der Waals surface area contributed by atoms with Crippen molar-refractivity contribution in [2.45, 2.75) is 155 Å². The molecule has 59 heavy (non-hydrogen) atoms. The maximum Gasteiger partial charge on any atom is 0.410 e. The van der Waals surface area contributed by atoms with Crippen LogP contribution in [-0.4, -0.2) is 135 Å². The number of amides is 1. The molecular weight excluding hydrogens is 759 g/mol. The van der Waals surface area contributed by atoms with Gasteiger partial charge >= 0.3 is 12.1 Å². The molecule has 5 rings (SSSR count). The number of Topliss-reactive ketones (excluding diaryl/α,β-unsaturated/α-hetero) is 2. The lowest BCUT2D eigenvalue weighted by molar-refractivity contribution is -0.295. The Hall–Kier alpha value is -3.76. The van der Waals surface area contributed by atoms with Crippen LogP contribution >= 0.6 is 0 Å². The molecule has 2 aromatic heterocycles. The number of aromatic nitrogens is 3. The first-order valence-electron chi connectivity index (χ1n) is 21.2. The molecule has 3 saturated heterocycles. The fraction of sp³-hybridized carbons (Fsp3) is 0.727. The van der Waals surface area contributed by atoms with Crippen molar-refractivity contribution in [2.24, 2.45) is 23.7 Å². The average Bonchev–Trinajstić information content (AvgIpc) is 3.77. The summed E-state index contributed by atoms with van der Waals surface area (Å²) < 4.78 is 33.2. The molecule has 0 saturated carbocycles. The number of nitrogens with zero attached hydrogens (tertiary/aromatic N) is 5. The number of fused-ring (bicyclic) bond motifs is 1. The molecule has 3 fully saturated rings. The molecular formula is C44H67N5O10. The van der Waals surface area contributed by atoms with Crippen LogP contribution in [0.5, 0.6) is 0 Å². The van der Waals surface area contributed by atoms with Crippen LogP contribution in [0, 0.1) is 30.6 Å². The SMILES string of the molecule is CC[C@@H]1OC(=O)[C@H](C)C(=O)[C@H](C)C(OC2O[C@H](C)C[C@H](N(C)C)[C@H]2O)[C@@](C)(OC)C[C@@H](C)C(=O)[C@@H](C)[C@H]2N(CCCCn3cnc(-c4ccc(C)nc4)c3)C(=O)O[C@]12C. The van der Waals surface area contributed by atoms with Crippen molar-refractivity contribution in [3.05, 3.63) is 36.5 Å². The molecule has 3 aliphatic rings. The maximum atomic E-state index is 14.7. The topological polar surface area (TPSA) is 172 Å². The molecule has 15 heteroatoms. The molecule has 0 aromatic carbocycles. The van der Waals surface area contributed by atoms with E-state index in [2.05, 4.69) is 9.97 Å².